The van der Waals surface area contributed by atoms with Gasteiger partial charge in [0.15, 0.2) is 0 Å². The van der Waals surface area contributed by atoms with Crippen LogP contribution in [0.25, 0.3) is 0 Å². The van der Waals surface area contributed by atoms with Crippen LogP contribution in [0.2, 0.25) is 0 Å². The molecule has 0 saturated carbocycles. The van der Waals surface area contributed by atoms with E-state index < -0.39 is 6.10 Å². The molecule has 1 unspecified atom stereocenters. The van der Waals surface area contributed by atoms with Gasteiger partial charge in [0.25, 0.3) is 5.91 Å². The number of carbonyl (C=O) groups excluding carboxylic acids is 1. The topological polar surface area (TPSA) is 43.8 Å². The summed E-state index contributed by atoms with van der Waals surface area (Å²) in [6.45, 7) is 4.51. The van der Waals surface area contributed by atoms with Crippen LogP contribution in [0.15, 0.2) is 22.7 Å². The third kappa shape index (κ3) is 3.77. The molecule has 1 amide bonds. The molecule has 0 radical (unpaired) electrons. The van der Waals surface area contributed by atoms with E-state index in [2.05, 4.69) is 20.8 Å². The van der Waals surface area contributed by atoms with E-state index in [1.165, 1.54) is 13.0 Å². The van der Waals surface area contributed by atoms with Gasteiger partial charge in [-0.2, -0.15) is 0 Å². The number of halogens is 2. The minimum Gasteiger partial charge on any atom is -0.384 e. The molecule has 1 aromatic carbocycles. The van der Waals surface area contributed by atoms with Gasteiger partial charge in [-0.25, -0.2) is 4.39 Å². The zero-order valence-corrected chi connectivity index (χ0v) is 12.9. The van der Waals surface area contributed by atoms with Gasteiger partial charge >= 0.3 is 0 Å². The van der Waals surface area contributed by atoms with E-state index in [1.807, 2.05) is 0 Å². The summed E-state index contributed by atoms with van der Waals surface area (Å²) in [4.78, 5) is 15.4. The number of amides is 1. The van der Waals surface area contributed by atoms with Crippen LogP contribution in [0, 0.1) is 5.82 Å². The van der Waals surface area contributed by atoms with Gasteiger partial charge in [-0.05, 0) is 25.1 Å². The van der Waals surface area contributed by atoms with Gasteiger partial charge in [-0.15, -0.1) is 0 Å². The van der Waals surface area contributed by atoms with Gasteiger partial charge in [-0.3, -0.25) is 9.69 Å². The van der Waals surface area contributed by atoms with Crippen molar-refractivity contribution in [2.24, 2.45) is 0 Å². The summed E-state index contributed by atoms with van der Waals surface area (Å²) in [6, 6.07) is 4.91. The fraction of sp³-hybridized carbons (Fsp3) is 0.500. The lowest BCUT2D eigenvalue weighted by molar-refractivity contribution is -0.141. The second-order valence-corrected chi connectivity index (χ2v) is 5.93. The number of aliphatic hydroxyl groups excluding tert-OH is 1. The number of rotatable bonds is 3. The highest BCUT2D eigenvalue weighted by Gasteiger charge is 2.24. The van der Waals surface area contributed by atoms with Crippen molar-refractivity contribution in [1.29, 1.82) is 0 Å². The summed E-state index contributed by atoms with van der Waals surface area (Å²) in [5.74, 6) is -0.450. The number of aliphatic hydroxyl groups is 1. The molecule has 0 spiro atoms. The van der Waals surface area contributed by atoms with E-state index in [1.54, 1.807) is 17.0 Å². The molecular formula is C14H18BrFN2O2. The fourth-order valence-corrected chi connectivity index (χ4v) is 2.70. The van der Waals surface area contributed by atoms with Crippen molar-refractivity contribution < 1.29 is 14.3 Å². The van der Waals surface area contributed by atoms with Gasteiger partial charge in [0.2, 0.25) is 0 Å². The van der Waals surface area contributed by atoms with Crippen molar-refractivity contribution in [3.05, 3.63) is 34.1 Å². The number of hydrogen-bond acceptors (Lipinski definition) is 3. The highest BCUT2D eigenvalue weighted by Crippen LogP contribution is 2.18. The molecule has 4 nitrogen and oxygen atoms in total. The van der Waals surface area contributed by atoms with Gasteiger partial charge in [-0.1, -0.05) is 15.9 Å². The highest BCUT2D eigenvalue weighted by atomic mass is 79.9. The lowest BCUT2D eigenvalue weighted by atomic mass is 10.2. The molecule has 1 aliphatic rings. The zero-order valence-electron chi connectivity index (χ0n) is 11.4. The minimum absolute atomic E-state index is 0.212. The van der Waals surface area contributed by atoms with E-state index in [0.29, 0.717) is 38.3 Å². The van der Waals surface area contributed by atoms with Crippen LogP contribution in [0.4, 0.5) is 4.39 Å². The molecule has 1 saturated heterocycles. The summed E-state index contributed by atoms with van der Waals surface area (Å²) >= 11 is 3.34. The highest BCUT2D eigenvalue weighted by molar-refractivity contribution is 9.10. The van der Waals surface area contributed by atoms with Crippen LogP contribution in [0.5, 0.6) is 0 Å². The first-order valence-electron chi connectivity index (χ1n) is 6.60. The maximum Gasteiger partial charge on any atom is 0.251 e. The molecular weight excluding hydrogens is 327 g/mol. The lowest BCUT2D eigenvalue weighted by Crippen LogP contribution is -2.50. The Morgan fingerprint density at radius 1 is 1.40 bits per heavy atom. The predicted octanol–water partition coefficient (Wildman–Crippen LogP) is 1.61. The summed E-state index contributed by atoms with van der Waals surface area (Å²) in [6.07, 6.45) is -0.955. The van der Waals surface area contributed by atoms with E-state index in [9.17, 15) is 14.3 Å². The number of carbonyl (C=O) groups is 1. The number of nitrogens with zero attached hydrogens (tertiary/aromatic N) is 2. The van der Waals surface area contributed by atoms with Gasteiger partial charge in [0.05, 0.1) is 0 Å². The Labute approximate surface area is 126 Å². The monoisotopic (exact) mass is 344 g/mol. The van der Waals surface area contributed by atoms with Crippen LogP contribution in [-0.4, -0.2) is 53.1 Å². The van der Waals surface area contributed by atoms with Crippen molar-refractivity contribution in [2.75, 3.05) is 26.2 Å². The maximum absolute atomic E-state index is 13.7. The van der Waals surface area contributed by atoms with E-state index >= 15 is 0 Å². The Hall–Kier alpha value is -0.980. The molecule has 1 aromatic rings. The first-order chi connectivity index (χ1) is 9.47. The molecule has 1 heterocycles. The molecule has 1 aliphatic heterocycles. The van der Waals surface area contributed by atoms with E-state index in [-0.39, 0.29) is 11.7 Å². The van der Waals surface area contributed by atoms with Crippen molar-refractivity contribution in [3.8, 4) is 0 Å². The summed E-state index contributed by atoms with van der Waals surface area (Å²) in [5.41, 5.74) is 0.648. The van der Waals surface area contributed by atoms with Crippen LogP contribution in [0.3, 0.4) is 0 Å². The van der Waals surface area contributed by atoms with E-state index in [0.717, 1.165) is 4.47 Å². The van der Waals surface area contributed by atoms with Crippen LogP contribution in [-0.2, 0) is 11.3 Å². The fourth-order valence-electron chi connectivity index (χ4n) is 2.30. The first kappa shape index (κ1) is 15.4. The van der Waals surface area contributed by atoms with Crippen LogP contribution >= 0.6 is 15.9 Å². The smallest absolute Gasteiger partial charge is 0.251 e. The standard InChI is InChI=1S/C14H18BrFN2O2/c1-10(19)14(20)18-6-4-17(5-7-18)9-11-8-12(15)2-3-13(11)16/h2-3,8,10,19H,4-7,9H2,1H3. The Morgan fingerprint density at radius 3 is 2.65 bits per heavy atom. The molecule has 2 rings (SSSR count). The molecule has 1 N–H and O–H groups in total. The summed E-state index contributed by atoms with van der Waals surface area (Å²) in [5, 5.41) is 9.28. The second-order valence-electron chi connectivity index (χ2n) is 5.01. The first-order valence-corrected chi connectivity index (χ1v) is 7.40. The van der Waals surface area contributed by atoms with Crippen molar-refractivity contribution in [2.45, 2.75) is 19.6 Å². The normalized spacial score (nSPS) is 18.1. The largest absolute Gasteiger partial charge is 0.384 e. The predicted molar refractivity (Wildman–Crippen MR) is 77.6 cm³/mol. The van der Waals surface area contributed by atoms with Crippen molar-refractivity contribution >= 4 is 21.8 Å². The molecule has 0 aliphatic carbocycles. The minimum atomic E-state index is -0.955. The SMILES string of the molecule is CC(O)C(=O)N1CCN(Cc2cc(Br)ccc2F)CC1. The Morgan fingerprint density at radius 2 is 2.05 bits per heavy atom. The second kappa shape index (κ2) is 6.65. The van der Waals surface area contributed by atoms with Gasteiger partial charge < -0.3 is 10.0 Å². The average molecular weight is 345 g/mol. The molecule has 110 valence electrons. The number of piperazine rings is 1. The molecule has 6 heteroatoms. The zero-order chi connectivity index (χ0) is 14.7. The van der Waals surface area contributed by atoms with Crippen molar-refractivity contribution in [1.82, 2.24) is 9.80 Å². The Balaban J connectivity index is 1.91. The number of hydrogen-bond donors (Lipinski definition) is 1. The third-order valence-electron chi connectivity index (χ3n) is 3.44. The lowest BCUT2D eigenvalue weighted by Gasteiger charge is -2.35. The molecule has 1 fully saturated rings. The maximum atomic E-state index is 13.7. The summed E-state index contributed by atoms with van der Waals surface area (Å²) in [7, 11) is 0. The van der Waals surface area contributed by atoms with Crippen LogP contribution < -0.4 is 0 Å². The Bertz CT molecular complexity index is 488. The quantitative estimate of drug-likeness (QED) is 0.905. The van der Waals surface area contributed by atoms with Gasteiger partial charge in [0.1, 0.15) is 11.9 Å². The average Bonchev–Trinajstić information content (AvgIpc) is 2.43. The number of benzene rings is 1. The Kier molecular flexibility index (Phi) is 5.12. The molecule has 0 aromatic heterocycles. The third-order valence-corrected chi connectivity index (χ3v) is 3.94. The van der Waals surface area contributed by atoms with Gasteiger partial charge in [0, 0.05) is 42.8 Å². The van der Waals surface area contributed by atoms with Crippen molar-refractivity contribution in [3.63, 3.8) is 0 Å². The molecule has 1 atom stereocenters. The molecule has 20 heavy (non-hydrogen) atoms. The van der Waals surface area contributed by atoms with E-state index in [4.69, 9.17) is 0 Å². The summed E-state index contributed by atoms with van der Waals surface area (Å²) < 4.78 is 14.5. The van der Waals surface area contributed by atoms with Crippen LogP contribution in [0.1, 0.15) is 12.5 Å². The molecule has 0 bridgehead atoms.